The molecule has 0 radical (unpaired) electrons. The monoisotopic (exact) mass is 1520 g/mol. The van der Waals surface area contributed by atoms with E-state index in [9.17, 15) is 14.0 Å². The molecule has 0 fully saturated rings. The Kier molecular flexibility index (Phi) is 70.2. The summed E-state index contributed by atoms with van der Waals surface area (Å²) in [7, 11) is 14.2. The Morgan fingerprint density at radius 1 is 0.514 bits per heavy atom. The summed E-state index contributed by atoms with van der Waals surface area (Å²) in [5, 5.41) is 3.14. The van der Waals surface area contributed by atoms with Crippen LogP contribution in [0, 0.1) is 17.8 Å². The van der Waals surface area contributed by atoms with Gasteiger partial charge in [-0.05, 0) is 282 Å². The third-order valence-corrected chi connectivity index (χ3v) is 20.0. The molecule has 0 saturated carbocycles. The molecule has 0 aromatic carbocycles. The number of nitrogens with zero attached hydrogens (tertiary/aromatic N) is 7. The van der Waals surface area contributed by atoms with Crippen molar-refractivity contribution in [2.45, 2.75) is 349 Å². The maximum atomic E-state index is 13.3. The lowest BCUT2D eigenvalue weighted by molar-refractivity contribution is -0.116. The van der Waals surface area contributed by atoms with Crippen LogP contribution in [0.4, 0.5) is 4.39 Å². The number of hydrogen-bond donors (Lipinski definition) is 1. The summed E-state index contributed by atoms with van der Waals surface area (Å²) < 4.78 is 18.4. The lowest BCUT2D eigenvalue weighted by Gasteiger charge is -2.32. The first-order chi connectivity index (χ1) is 47.3. The van der Waals surface area contributed by atoms with Crippen LogP contribution in [0.3, 0.4) is 0 Å². The van der Waals surface area contributed by atoms with Crippen LogP contribution in [0.15, 0.2) is 141 Å². The summed E-state index contributed by atoms with van der Waals surface area (Å²) >= 11 is 7.88. The first-order valence-corrected chi connectivity index (χ1v) is 40.4. The second kappa shape index (κ2) is 62.1. The molecule has 620 valence electrons. The van der Waals surface area contributed by atoms with Crippen LogP contribution in [0.25, 0.3) is 0 Å². The van der Waals surface area contributed by atoms with Gasteiger partial charge in [0.15, 0.2) is 17.4 Å². The lowest BCUT2D eigenvalue weighted by Crippen LogP contribution is -2.38. The normalized spacial score (nSPS) is 12.3. The highest BCUT2D eigenvalue weighted by atomic mass is 35.5. The molecule has 14 heteroatoms. The molecule has 0 spiro atoms. The number of likely N-dealkylation sites (N-methyl/N-ethyl adjacent to an activating group) is 1. The van der Waals surface area contributed by atoms with E-state index in [0.717, 1.165) is 40.4 Å². The van der Waals surface area contributed by atoms with Crippen LogP contribution in [-0.4, -0.2) is 167 Å². The molecule has 0 heterocycles. The summed E-state index contributed by atoms with van der Waals surface area (Å²) in [6, 6.07) is 3.50. The Hall–Kier alpha value is -4.69. The van der Waals surface area contributed by atoms with E-state index in [1.54, 1.807) is 43.7 Å². The van der Waals surface area contributed by atoms with Crippen molar-refractivity contribution in [3.05, 3.63) is 141 Å². The van der Waals surface area contributed by atoms with Gasteiger partial charge in [0.25, 0.3) is 0 Å². The fourth-order valence-electron chi connectivity index (χ4n) is 8.16. The van der Waals surface area contributed by atoms with Crippen LogP contribution < -0.4 is 5.43 Å². The number of carbonyl (C=O) groups is 2. The molecule has 0 bridgehead atoms. The molecule has 1 aliphatic rings. The molecular formula is C91H178ClFN8O3S. The minimum atomic E-state index is -1.31. The van der Waals surface area contributed by atoms with Gasteiger partial charge in [-0.25, -0.2) is 9.82 Å². The van der Waals surface area contributed by atoms with Crippen molar-refractivity contribution in [1.82, 2.24) is 39.8 Å². The molecule has 0 atom stereocenters. The minimum absolute atomic E-state index is 0.0193. The van der Waals surface area contributed by atoms with Gasteiger partial charge in [0.05, 0.1) is 16.5 Å². The van der Waals surface area contributed by atoms with Crippen molar-refractivity contribution >= 4 is 34.9 Å². The first-order valence-electron chi connectivity index (χ1n) is 39.0. The quantitative estimate of drug-likeness (QED) is 0.0194. The molecular weight excluding hydrogens is 1340 g/mol. The molecule has 0 aromatic rings. The van der Waals surface area contributed by atoms with Gasteiger partial charge in [-0.2, -0.15) is 0 Å². The highest BCUT2D eigenvalue weighted by Crippen LogP contribution is 2.29. The van der Waals surface area contributed by atoms with Crippen molar-refractivity contribution in [2.75, 3.05) is 68.2 Å². The Bertz CT molecular complexity index is 2620. The predicted octanol–water partition coefficient (Wildman–Crippen LogP) is 25.9. The summed E-state index contributed by atoms with van der Waals surface area (Å²) in [6.07, 6.45) is 3.51. The van der Waals surface area contributed by atoms with E-state index in [1.807, 2.05) is 91.5 Å². The largest absolute Gasteiger partial charge is 0.480 e. The SMILES string of the molecule is C=C(C(C)=C(C)C)N(C)NC(C)C.C=C(C)/C(C)=C(\C)C(C)C.C=C(CC)N(C)C(C)C.C=C(N(C)C(C)C)C(C)(C)Cl.C=C(N(C)C(C)C)C(C)(C)F.C=C(OCC)N(C)C(C)C.C=C(SCC)N(C)C(C)C.CC/C(C)=C(\C)C(C)C.CC1=C(C)C(=O)C(C(C)C)=C(C)C1=O.CCCN(C)C(C)C. The molecule has 1 rings (SSSR count). The second-order valence-electron chi connectivity index (χ2n) is 31.7. The Morgan fingerprint density at radius 3 is 1.10 bits per heavy atom. The molecule has 0 amide bonds. The highest BCUT2D eigenvalue weighted by Gasteiger charge is 2.29. The number of alkyl halides is 2. The number of thioether (sulfide) groups is 1. The van der Waals surface area contributed by atoms with Crippen molar-refractivity contribution < 1.29 is 18.7 Å². The predicted molar refractivity (Wildman–Crippen MR) is 480 cm³/mol. The topological polar surface area (TPSA) is 78.1 Å². The first kappa shape index (κ1) is 119. The molecule has 0 aromatic heterocycles. The fraction of sp³-hybridized carbons (Fsp3) is 0.714. The summed E-state index contributed by atoms with van der Waals surface area (Å²) in [6.45, 7) is 112. The zero-order chi connectivity index (χ0) is 86.1. The van der Waals surface area contributed by atoms with E-state index in [4.69, 9.17) is 16.3 Å². The van der Waals surface area contributed by atoms with Crippen molar-refractivity contribution in [1.29, 1.82) is 0 Å². The smallest absolute Gasteiger partial charge is 0.185 e. The molecule has 1 N–H and O–H groups in total. The maximum Gasteiger partial charge on any atom is 0.185 e. The van der Waals surface area contributed by atoms with Crippen molar-refractivity contribution in [2.24, 2.45) is 17.8 Å². The van der Waals surface area contributed by atoms with Crippen LogP contribution in [0.5, 0.6) is 0 Å². The van der Waals surface area contributed by atoms with Gasteiger partial charge in [-0.3, -0.25) is 9.59 Å². The highest BCUT2D eigenvalue weighted by molar-refractivity contribution is 8.02. The number of hydrogen-bond acceptors (Lipinski definition) is 12. The molecule has 11 nitrogen and oxygen atoms in total. The average molecular weight is 1520 g/mol. The van der Waals surface area contributed by atoms with Crippen LogP contribution >= 0.6 is 23.4 Å². The molecule has 0 saturated heterocycles. The van der Waals surface area contributed by atoms with E-state index >= 15 is 0 Å². The van der Waals surface area contributed by atoms with Crippen molar-refractivity contribution in [3.8, 4) is 0 Å². The van der Waals surface area contributed by atoms with Crippen LogP contribution in [0.1, 0.15) is 296 Å². The van der Waals surface area contributed by atoms with Crippen LogP contribution in [-0.2, 0) is 14.3 Å². The van der Waals surface area contributed by atoms with Gasteiger partial charge in [-0.1, -0.05) is 137 Å². The molecule has 1 aliphatic carbocycles. The Balaban J connectivity index is -0.000000140. The van der Waals surface area contributed by atoms with E-state index in [-0.39, 0.29) is 22.4 Å². The number of allylic oxidation sites excluding steroid dienone is 14. The summed E-state index contributed by atoms with van der Waals surface area (Å²) in [5.74, 6) is 3.41. The lowest BCUT2D eigenvalue weighted by atomic mass is 9.81. The Morgan fingerprint density at radius 2 is 0.895 bits per heavy atom. The zero-order valence-electron chi connectivity index (χ0n) is 78.5. The maximum absolute atomic E-state index is 13.3. The van der Waals surface area contributed by atoms with E-state index < -0.39 is 5.67 Å². The third-order valence-electron chi connectivity index (χ3n) is 18.9. The number of Topliss-reactive ketones (excluding diaryl/α,β-unsaturated/α-hetero) is 2. The number of rotatable bonds is 29. The second-order valence-corrected chi connectivity index (χ2v) is 34.0. The van der Waals surface area contributed by atoms with E-state index in [0.29, 0.717) is 82.8 Å². The van der Waals surface area contributed by atoms with Gasteiger partial charge in [0.1, 0.15) is 5.67 Å². The number of hydrazine groups is 1. The molecule has 0 aliphatic heterocycles. The average Bonchev–Trinajstić information content (AvgIpc) is 0.802. The molecule has 0 unspecified atom stereocenters. The van der Waals surface area contributed by atoms with Crippen LogP contribution in [0.2, 0.25) is 0 Å². The van der Waals surface area contributed by atoms with Gasteiger partial charge in [0, 0.05) is 130 Å². The summed E-state index contributed by atoms with van der Waals surface area (Å²) in [4.78, 5) is 35.9. The minimum Gasteiger partial charge on any atom is -0.480 e. The van der Waals surface area contributed by atoms with E-state index in [1.165, 1.54) is 66.8 Å². The Labute approximate surface area is 665 Å². The van der Waals surface area contributed by atoms with Crippen molar-refractivity contribution in [3.63, 3.8) is 0 Å². The number of ketones is 2. The number of nitrogens with one attached hydrogen (secondary N) is 1. The summed E-state index contributed by atoms with van der Waals surface area (Å²) in [5.41, 5.74) is 17.9. The fourth-order valence-corrected chi connectivity index (χ4v) is 9.04. The zero-order valence-corrected chi connectivity index (χ0v) is 80.1. The van der Waals surface area contributed by atoms with Gasteiger partial charge < -0.3 is 39.1 Å². The number of ether oxygens (including phenoxy) is 1. The van der Waals surface area contributed by atoms with E-state index in [2.05, 4.69) is 286 Å². The van der Waals surface area contributed by atoms with Gasteiger partial charge in [0.2, 0.25) is 0 Å². The standard InChI is InChI=1S/C12H16O2.C11H22N2.C10H18.C9H18ClN.C9H18FN.C9H18.C8H17NO.C8H17NS.C8H17N.C7H17N/c1-6(2)10-9(5)11(13)7(3)8(4)12(10)14;1-8(2)10(5)11(6)13(7)12-9(3)4;1-7(2)9(5)10(6)8(3)4;2*1-7(2)11(6)8(3)9(4,5)10;1-6-8(4)9(5)7(2)3;2*1-6-10-8(4)9(5)7(2)3;1-6-8(4)9(5)7(2)3;1-5-6-8(4)7(2)3/h6H,1-5H3;9,12H,6H2,1-5,7H3;8H,1H2,2-6H3;2*7H,3H2,1-2,4-6H3;7H,6H2,1-5H3;2*7H,4,6H2,1-3,5H3;7H,4,6H2,1-3,5H3;7H,5-6H2,1-4H3/b;;10-9+;;;9-8+;;;;. The third kappa shape index (κ3) is 57.1. The van der Waals surface area contributed by atoms with Gasteiger partial charge in [-0.15, -0.1) is 23.4 Å². The molecule has 105 heavy (non-hydrogen) atoms. The van der Waals surface area contributed by atoms with Gasteiger partial charge >= 0.3 is 0 Å². The number of carbonyl (C=O) groups excluding carboxylic acids is 2. The number of halogens is 2.